The quantitative estimate of drug-likeness (QED) is 0.701. The molecule has 1 unspecified atom stereocenters. The number of ether oxygens (including phenoxy) is 1. The van der Waals surface area contributed by atoms with E-state index in [1.807, 2.05) is 48.5 Å². The van der Waals surface area contributed by atoms with Gasteiger partial charge in [0.05, 0.1) is 18.5 Å². The van der Waals surface area contributed by atoms with Crippen molar-refractivity contribution in [3.63, 3.8) is 0 Å². The van der Waals surface area contributed by atoms with Crippen LogP contribution in [0.3, 0.4) is 0 Å². The summed E-state index contributed by atoms with van der Waals surface area (Å²) >= 11 is 0. The molecule has 2 heterocycles. The van der Waals surface area contributed by atoms with Crippen LogP contribution in [0.5, 0.6) is 5.75 Å². The summed E-state index contributed by atoms with van der Waals surface area (Å²) in [5.74, 6) is 0.540. The molecule has 6 nitrogen and oxygen atoms in total. The second kappa shape index (κ2) is 8.92. The van der Waals surface area contributed by atoms with Crippen LogP contribution in [0.4, 0.5) is 5.69 Å². The first-order valence-corrected chi connectivity index (χ1v) is 10.0. The van der Waals surface area contributed by atoms with Crippen molar-refractivity contribution in [1.82, 2.24) is 15.1 Å². The first-order valence-electron chi connectivity index (χ1n) is 10.0. The Labute approximate surface area is 170 Å². The van der Waals surface area contributed by atoms with Gasteiger partial charge in [-0.25, -0.2) is 0 Å². The zero-order chi connectivity index (χ0) is 20.1. The maximum absolute atomic E-state index is 13.3. The number of hydrogen-bond donors (Lipinski definition) is 1. The third kappa shape index (κ3) is 4.32. The molecule has 1 fully saturated rings. The number of nitrogens with zero attached hydrogens (tertiary/aromatic N) is 3. The number of anilines is 1. The summed E-state index contributed by atoms with van der Waals surface area (Å²) in [6, 6.07) is 19.7. The fourth-order valence-corrected chi connectivity index (χ4v) is 3.54. The average molecular weight is 390 g/mol. The lowest BCUT2D eigenvalue weighted by atomic mass is 10.0. The number of aromatic nitrogens is 2. The first-order chi connectivity index (χ1) is 14.2. The van der Waals surface area contributed by atoms with Crippen molar-refractivity contribution in [3.8, 4) is 11.4 Å². The molecule has 0 spiro atoms. The third-order valence-corrected chi connectivity index (χ3v) is 5.22. The number of benzene rings is 2. The van der Waals surface area contributed by atoms with Crippen molar-refractivity contribution in [1.29, 1.82) is 0 Å². The number of para-hydroxylation sites is 1. The predicted octanol–water partition coefficient (Wildman–Crippen LogP) is 2.82. The minimum Gasteiger partial charge on any atom is -0.486 e. The van der Waals surface area contributed by atoms with Gasteiger partial charge in [0.15, 0.2) is 0 Å². The van der Waals surface area contributed by atoms with Crippen LogP contribution in [-0.2, 0) is 0 Å². The molecule has 1 atom stereocenters. The molecule has 2 aromatic carbocycles. The minimum atomic E-state index is -0.229. The molecule has 1 aliphatic rings. The largest absolute Gasteiger partial charge is 0.486 e. The normalized spacial score (nSPS) is 15.1. The first kappa shape index (κ1) is 19.2. The Balaban J connectivity index is 1.67. The lowest BCUT2D eigenvalue weighted by Crippen LogP contribution is -2.44. The lowest BCUT2D eigenvalue weighted by molar-refractivity contribution is 0.289. The van der Waals surface area contributed by atoms with E-state index in [-0.39, 0.29) is 11.5 Å². The van der Waals surface area contributed by atoms with E-state index in [1.54, 1.807) is 6.20 Å². The summed E-state index contributed by atoms with van der Waals surface area (Å²) < 4.78 is 7.58. The van der Waals surface area contributed by atoms with Gasteiger partial charge in [-0.05, 0) is 17.7 Å². The highest BCUT2D eigenvalue weighted by molar-refractivity contribution is 5.57. The topological polar surface area (TPSA) is 59.4 Å². The van der Waals surface area contributed by atoms with Crippen molar-refractivity contribution in [2.45, 2.75) is 12.8 Å². The van der Waals surface area contributed by atoms with Crippen molar-refractivity contribution in [2.24, 2.45) is 0 Å². The van der Waals surface area contributed by atoms with Gasteiger partial charge in [0.1, 0.15) is 5.69 Å². The van der Waals surface area contributed by atoms with Gasteiger partial charge in [0.25, 0.3) is 0 Å². The Morgan fingerprint density at radius 3 is 2.38 bits per heavy atom. The number of hydrogen-bond acceptors (Lipinski definition) is 5. The Kier molecular flexibility index (Phi) is 5.91. The van der Waals surface area contributed by atoms with Crippen LogP contribution in [0, 0.1) is 0 Å². The van der Waals surface area contributed by atoms with Gasteiger partial charge in [0.2, 0.25) is 5.75 Å². The zero-order valence-electron chi connectivity index (χ0n) is 16.6. The Morgan fingerprint density at radius 1 is 1.03 bits per heavy atom. The molecule has 0 amide bonds. The van der Waals surface area contributed by atoms with Crippen LogP contribution >= 0.6 is 0 Å². The molecule has 0 bridgehead atoms. The SMILES string of the molecule is CC(COc1c(N2CCNCC2)cnn(-c2ccccc2)c1=O)c1ccccc1. The molecule has 0 saturated carbocycles. The van der Waals surface area contributed by atoms with Gasteiger partial charge in [-0.15, -0.1) is 0 Å². The molecule has 3 aromatic rings. The molecule has 4 rings (SSSR count). The summed E-state index contributed by atoms with van der Waals surface area (Å²) in [6.07, 6.45) is 1.75. The highest BCUT2D eigenvalue weighted by atomic mass is 16.5. The molecule has 1 N–H and O–H groups in total. The highest BCUT2D eigenvalue weighted by Crippen LogP contribution is 2.26. The fourth-order valence-electron chi connectivity index (χ4n) is 3.54. The van der Waals surface area contributed by atoms with Crippen molar-refractivity contribution >= 4 is 5.69 Å². The molecule has 1 aromatic heterocycles. The van der Waals surface area contributed by atoms with E-state index in [0.717, 1.165) is 37.6 Å². The van der Waals surface area contributed by atoms with E-state index in [0.29, 0.717) is 12.4 Å². The van der Waals surface area contributed by atoms with E-state index in [9.17, 15) is 4.79 Å². The summed E-state index contributed by atoms with van der Waals surface area (Å²) in [7, 11) is 0. The summed E-state index contributed by atoms with van der Waals surface area (Å²) in [4.78, 5) is 15.5. The van der Waals surface area contributed by atoms with Crippen LogP contribution in [0.15, 0.2) is 71.7 Å². The molecule has 29 heavy (non-hydrogen) atoms. The van der Waals surface area contributed by atoms with Crippen molar-refractivity contribution in [2.75, 3.05) is 37.7 Å². The predicted molar refractivity (Wildman–Crippen MR) is 115 cm³/mol. The Morgan fingerprint density at radius 2 is 1.69 bits per heavy atom. The summed E-state index contributed by atoms with van der Waals surface area (Å²) in [5.41, 5.74) is 2.45. The van der Waals surface area contributed by atoms with E-state index >= 15 is 0 Å². The van der Waals surface area contributed by atoms with Gasteiger partial charge < -0.3 is 15.0 Å². The van der Waals surface area contributed by atoms with E-state index in [4.69, 9.17) is 4.74 Å². The molecule has 150 valence electrons. The summed E-state index contributed by atoms with van der Waals surface area (Å²) in [5, 5.41) is 7.77. The number of rotatable bonds is 6. The smallest absolute Gasteiger partial charge is 0.316 e. The van der Waals surface area contributed by atoms with Crippen LogP contribution in [0.25, 0.3) is 5.69 Å². The van der Waals surface area contributed by atoms with Gasteiger partial charge in [-0.2, -0.15) is 9.78 Å². The molecule has 1 saturated heterocycles. The van der Waals surface area contributed by atoms with Gasteiger partial charge >= 0.3 is 5.56 Å². The van der Waals surface area contributed by atoms with Crippen molar-refractivity contribution < 1.29 is 4.74 Å². The molecule has 0 aliphatic carbocycles. The maximum Gasteiger partial charge on any atom is 0.316 e. The average Bonchev–Trinajstić information content (AvgIpc) is 2.79. The van der Waals surface area contributed by atoms with Gasteiger partial charge in [-0.3, -0.25) is 4.79 Å². The molecule has 1 aliphatic heterocycles. The number of piperazine rings is 1. The van der Waals surface area contributed by atoms with Crippen molar-refractivity contribution in [3.05, 3.63) is 82.8 Å². The van der Waals surface area contributed by atoms with Crippen LogP contribution in [-0.4, -0.2) is 42.6 Å². The molecule has 0 radical (unpaired) electrons. The monoisotopic (exact) mass is 390 g/mol. The van der Waals surface area contributed by atoms with Crippen LogP contribution in [0.2, 0.25) is 0 Å². The fraction of sp³-hybridized carbons (Fsp3) is 0.304. The Bertz CT molecular complexity index is 983. The number of nitrogens with one attached hydrogen (secondary N) is 1. The molecular formula is C23H26N4O2. The van der Waals surface area contributed by atoms with E-state index in [1.165, 1.54) is 10.2 Å². The van der Waals surface area contributed by atoms with Crippen LogP contribution < -0.4 is 20.5 Å². The summed E-state index contributed by atoms with van der Waals surface area (Å²) in [6.45, 7) is 5.93. The molecule has 6 heteroatoms. The lowest BCUT2D eigenvalue weighted by Gasteiger charge is -2.30. The van der Waals surface area contributed by atoms with Gasteiger partial charge in [-0.1, -0.05) is 55.5 Å². The van der Waals surface area contributed by atoms with Gasteiger partial charge in [0, 0.05) is 32.1 Å². The maximum atomic E-state index is 13.3. The van der Waals surface area contributed by atoms with E-state index in [2.05, 4.69) is 34.4 Å². The second-order valence-electron chi connectivity index (χ2n) is 7.27. The second-order valence-corrected chi connectivity index (χ2v) is 7.27. The standard InChI is InChI=1S/C23H26N4O2/c1-18(19-8-4-2-5-9-19)17-29-22-21(26-14-12-24-13-15-26)16-25-27(23(22)28)20-10-6-3-7-11-20/h2-11,16,18,24H,12-15,17H2,1H3. The Hall–Kier alpha value is -3.12. The van der Waals surface area contributed by atoms with Crippen LogP contribution in [0.1, 0.15) is 18.4 Å². The third-order valence-electron chi connectivity index (χ3n) is 5.22. The van der Waals surface area contributed by atoms with E-state index < -0.39 is 0 Å². The molecular weight excluding hydrogens is 364 g/mol. The minimum absolute atomic E-state index is 0.171. The zero-order valence-corrected chi connectivity index (χ0v) is 16.6. The highest BCUT2D eigenvalue weighted by Gasteiger charge is 2.21.